The fourth-order valence-electron chi connectivity index (χ4n) is 5.26. The first-order chi connectivity index (χ1) is 16.6. The maximum Gasteiger partial charge on any atom is 0.256 e. The second-order valence-electron chi connectivity index (χ2n) is 9.36. The van der Waals surface area contributed by atoms with Crippen LogP contribution >= 0.6 is 11.6 Å². The van der Waals surface area contributed by atoms with Crippen molar-refractivity contribution in [3.63, 3.8) is 0 Å². The molecule has 1 amide bonds. The molecule has 1 aromatic carbocycles. The zero-order chi connectivity index (χ0) is 23.7. The number of nitrogens with zero attached hydrogens (tertiary/aromatic N) is 4. The van der Waals surface area contributed by atoms with Gasteiger partial charge in [0.05, 0.1) is 34.5 Å². The van der Waals surface area contributed by atoms with Crippen LogP contribution in [0.3, 0.4) is 0 Å². The number of halogens is 1. The number of hydrogen-bond acceptors (Lipinski definition) is 6. The summed E-state index contributed by atoms with van der Waals surface area (Å²) in [5.74, 6) is 1.79. The third-order valence-electron chi connectivity index (χ3n) is 7.28. The fraction of sp³-hybridized carbons (Fsp3) is 0.462. The monoisotopic (exact) mass is 478 g/mol. The molecule has 1 aliphatic carbocycles. The zero-order valence-electron chi connectivity index (χ0n) is 19.0. The Morgan fingerprint density at radius 3 is 2.53 bits per heavy atom. The molecule has 0 unspecified atom stereocenters. The third kappa shape index (κ3) is 4.47. The molecule has 0 radical (unpaired) electrons. The number of anilines is 1. The number of ether oxygens (including phenoxy) is 1. The summed E-state index contributed by atoms with van der Waals surface area (Å²) in [5.41, 5.74) is 2.00. The van der Waals surface area contributed by atoms with Crippen LogP contribution in [-0.2, 0) is 11.3 Å². The Hall–Kier alpha value is -3.11. The van der Waals surface area contributed by atoms with Crippen LogP contribution in [0.5, 0.6) is 5.75 Å². The SMILES string of the molecule is N#Cc1ccc(O[C@H]2CC[C@H](N3Cc4nc(N5CCC(C=O)CC5)ccc4C3=O)CC2)cc1Cl. The molecule has 34 heavy (non-hydrogen) atoms. The predicted octanol–water partition coefficient (Wildman–Crippen LogP) is 4.37. The van der Waals surface area contributed by atoms with Crippen molar-refractivity contribution in [3.05, 3.63) is 52.2 Å². The number of amides is 1. The van der Waals surface area contributed by atoms with E-state index in [2.05, 4.69) is 11.0 Å². The van der Waals surface area contributed by atoms with Crippen molar-refractivity contribution in [1.29, 1.82) is 5.26 Å². The van der Waals surface area contributed by atoms with E-state index in [4.69, 9.17) is 26.6 Å². The summed E-state index contributed by atoms with van der Waals surface area (Å²) in [5, 5.41) is 9.42. The minimum absolute atomic E-state index is 0.0666. The lowest BCUT2D eigenvalue weighted by Gasteiger charge is -2.34. The van der Waals surface area contributed by atoms with Crippen molar-refractivity contribution in [1.82, 2.24) is 9.88 Å². The van der Waals surface area contributed by atoms with Crippen molar-refractivity contribution in [2.75, 3.05) is 18.0 Å². The van der Waals surface area contributed by atoms with E-state index in [1.54, 1.807) is 18.2 Å². The van der Waals surface area contributed by atoms with E-state index in [9.17, 15) is 9.59 Å². The number of aldehydes is 1. The van der Waals surface area contributed by atoms with Crippen molar-refractivity contribution in [3.8, 4) is 11.8 Å². The van der Waals surface area contributed by atoms with Crippen LogP contribution in [0, 0.1) is 17.2 Å². The molecule has 2 aromatic rings. The van der Waals surface area contributed by atoms with Gasteiger partial charge in [-0.2, -0.15) is 5.26 Å². The number of nitriles is 1. The lowest BCUT2D eigenvalue weighted by molar-refractivity contribution is -0.111. The topological polar surface area (TPSA) is 86.5 Å². The number of aromatic nitrogens is 1. The largest absolute Gasteiger partial charge is 0.490 e. The molecule has 176 valence electrons. The van der Waals surface area contributed by atoms with E-state index >= 15 is 0 Å². The Morgan fingerprint density at radius 2 is 1.85 bits per heavy atom. The fourth-order valence-corrected chi connectivity index (χ4v) is 5.47. The van der Waals surface area contributed by atoms with Gasteiger partial charge in [-0.05, 0) is 62.8 Å². The number of carbonyl (C=O) groups excluding carboxylic acids is 2. The van der Waals surface area contributed by atoms with Crippen LogP contribution in [0.15, 0.2) is 30.3 Å². The highest BCUT2D eigenvalue weighted by Crippen LogP contribution is 2.34. The van der Waals surface area contributed by atoms with Crippen LogP contribution in [0.2, 0.25) is 5.02 Å². The van der Waals surface area contributed by atoms with Gasteiger partial charge in [0.1, 0.15) is 23.9 Å². The predicted molar refractivity (Wildman–Crippen MR) is 128 cm³/mol. The van der Waals surface area contributed by atoms with E-state index in [0.29, 0.717) is 28.4 Å². The van der Waals surface area contributed by atoms with Gasteiger partial charge in [-0.3, -0.25) is 4.79 Å². The Balaban J connectivity index is 1.18. The van der Waals surface area contributed by atoms with Gasteiger partial charge in [-0.25, -0.2) is 4.98 Å². The molecule has 8 heteroatoms. The number of carbonyl (C=O) groups is 2. The van der Waals surface area contributed by atoms with E-state index in [0.717, 1.165) is 69.4 Å². The van der Waals surface area contributed by atoms with Gasteiger partial charge in [-0.1, -0.05) is 11.6 Å². The minimum atomic E-state index is 0.0666. The molecule has 0 N–H and O–H groups in total. The van der Waals surface area contributed by atoms with Gasteiger partial charge in [0, 0.05) is 31.1 Å². The van der Waals surface area contributed by atoms with Gasteiger partial charge in [0.25, 0.3) is 5.91 Å². The summed E-state index contributed by atoms with van der Waals surface area (Å²) in [6, 6.07) is 11.2. The number of pyridine rings is 1. The number of fused-ring (bicyclic) bond motifs is 1. The lowest BCUT2D eigenvalue weighted by atomic mass is 9.92. The Morgan fingerprint density at radius 1 is 1.09 bits per heavy atom. The zero-order valence-corrected chi connectivity index (χ0v) is 19.7. The first-order valence-electron chi connectivity index (χ1n) is 11.9. The van der Waals surface area contributed by atoms with Crippen LogP contribution in [0.4, 0.5) is 5.82 Å². The molecule has 3 aliphatic rings. The molecule has 0 bridgehead atoms. The standard InChI is InChI=1S/C26H27ClN4O3/c27-23-13-21(4-1-18(23)14-28)34-20-5-2-19(3-6-20)31-15-24-22(26(31)33)7-8-25(29-24)30-11-9-17(16-32)10-12-30/h1,4,7-8,13,16-17,19-20H,2-3,5-6,9-12,15H2/t19-,20-. The van der Waals surface area contributed by atoms with Crippen LogP contribution < -0.4 is 9.64 Å². The molecular weight excluding hydrogens is 452 g/mol. The second-order valence-corrected chi connectivity index (χ2v) is 9.77. The molecule has 7 nitrogen and oxygen atoms in total. The van der Waals surface area contributed by atoms with Crippen LogP contribution in [0.25, 0.3) is 0 Å². The number of piperidine rings is 1. The van der Waals surface area contributed by atoms with Gasteiger partial charge >= 0.3 is 0 Å². The van der Waals surface area contributed by atoms with E-state index in [1.165, 1.54) is 0 Å². The third-order valence-corrected chi connectivity index (χ3v) is 7.59. The molecule has 5 rings (SSSR count). The summed E-state index contributed by atoms with van der Waals surface area (Å²) in [7, 11) is 0. The maximum atomic E-state index is 13.1. The molecular formula is C26H27ClN4O3. The molecule has 1 aromatic heterocycles. The van der Waals surface area contributed by atoms with Crippen LogP contribution in [-0.4, -0.2) is 47.3 Å². The number of benzene rings is 1. The summed E-state index contributed by atoms with van der Waals surface area (Å²) in [6.07, 6.45) is 6.30. The first kappa shape index (κ1) is 22.7. The molecule has 3 heterocycles. The van der Waals surface area contributed by atoms with Gasteiger partial charge < -0.3 is 19.3 Å². The van der Waals surface area contributed by atoms with E-state index in [-0.39, 0.29) is 24.0 Å². The van der Waals surface area contributed by atoms with E-state index < -0.39 is 0 Å². The van der Waals surface area contributed by atoms with Crippen molar-refractivity contribution < 1.29 is 14.3 Å². The lowest BCUT2D eigenvalue weighted by Crippen LogP contribution is -2.40. The quantitative estimate of drug-likeness (QED) is 0.593. The maximum absolute atomic E-state index is 13.1. The highest BCUT2D eigenvalue weighted by molar-refractivity contribution is 6.31. The normalized spacial score (nSPS) is 22.9. The Bertz CT molecular complexity index is 1130. The molecule has 0 spiro atoms. The molecule has 2 aliphatic heterocycles. The summed E-state index contributed by atoms with van der Waals surface area (Å²) in [4.78, 5) is 33.1. The Labute approximate surface area is 204 Å². The van der Waals surface area contributed by atoms with Gasteiger partial charge in [-0.15, -0.1) is 0 Å². The summed E-state index contributed by atoms with van der Waals surface area (Å²) >= 11 is 6.12. The Kier molecular flexibility index (Phi) is 6.42. The van der Waals surface area contributed by atoms with Crippen molar-refractivity contribution in [2.45, 2.75) is 57.2 Å². The smallest absolute Gasteiger partial charge is 0.256 e. The average molecular weight is 479 g/mol. The highest BCUT2D eigenvalue weighted by Gasteiger charge is 2.36. The first-order valence-corrected chi connectivity index (χ1v) is 12.3. The average Bonchev–Trinajstić information content (AvgIpc) is 3.20. The van der Waals surface area contributed by atoms with Gasteiger partial charge in [0.15, 0.2) is 0 Å². The van der Waals surface area contributed by atoms with E-state index in [1.807, 2.05) is 17.0 Å². The van der Waals surface area contributed by atoms with Crippen molar-refractivity contribution >= 4 is 29.6 Å². The molecule has 2 fully saturated rings. The second kappa shape index (κ2) is 9.63. The highest BCUT2D eigenvalue weighted by atomic mass is 35.5. The minimum Gasteiger partial charge on any atom is -0.490 e. The summed E-state index contributed by atoms with van der Waals surface area (Å²) < 4.78 is 6.10. The number of hydrogen-bond donors (Lipinski definition) is 0. The van der Waals surface area contributed by atoms with Gasteiger partial charge in [0.2, 0.25) is 0 Å². The molecule has 0 atom stereocenters. The summed E-state index contributed by atoms with van der Waals surface area (Å²) in [6.45, 7) is 2.19. The van der Waals surface area contributed by atoms with Crippen LogP contribution in [0.1, 0.15) is 60.1 Å². The molecule has 1 saturated heterocycles. The number of rotatable bonds is 5. The molecule has 1 saturated carbocycles. The van der Waals surface area contributed by atoms with Crippen molar-refractivity contribution in [2.24, 2.45) is 5.92 Å².